The predicted octanol–water partition coefficient (Wildman–Crippen LogP) is 1.16. The first-order valence-corrected chi connectivity index (χ1v) is 6.51. The number of ketones is 1. The van der Waals surface area contributed by atoms with Gasteiger partial charge in [0, 0.05) is 12.4 Å². The Kier molecular flexibility index (Phi) is 6.74. The molecular formula is C14H21N3O2. The Bertz CT molecular complexity index is 406. The summed E-state index contributed by atoms with van der Waals surface area (Å²) in [5.41, 5.74) is 0.476. The predicted molar refractivity (Wildman–Crippen MR) is 73.9 cm³/mol. The van der Waals surface area contributed by atoms with Gasteiger partial charge in [-0.15, -0.1) is 0 Å². The van der Waals surface area contributed by atoms with Gasteiger partial charge in [-0.25, -0.2) is 0 Å². The van der Waals surface area contributed by atoms with Crippen LogP contribution in [0.15, 0.2) is 24.5 Å². The monoisotopic (exact) mass is 263 g/mol. The molecule has 0 aliphatic carbocycles. The number of aromatic nitrogens is 1. The van der Waals surface area contributed by atoms with E-state index >= 15 is 0 Å². The van der Waals surface area contributed by atoms with Crippen LogP contribution in [0, 0.1) is 0 Å². The minimum Gasteiger partial charge on any atom is -0.342 e. The minimum atomic E-state index is -0.412. The summed E-state index contributed by atoms with van der Waals surface area (Å²) < 4.78 is 0. The Morgan fingerprint density at radius 3 is 2.74 bits per heavy atom. The molecule has 1 unspecified atom stereocenters. The third kappa shape index (κ3) is 5.61. The van der Waals surface area contributed by atoms with Crippen molar-refractivity contribution in [1.29, 1.82) is 0 Å². The molecule has 1 rings (SSSR count). The first-order chi connectivity index (χ1) is 9.15. The third-order valence-corrected chi connectivity index (χ3v) is 2.89. The molecule has 104 valence electrons. The van der Waals surface area contributed by atoms with Crippen molar-refractivity contribution >= 4 is 11.7 Å². The number of hydrogen-bond donors (Lipinski definition) is 2. The van der Waals surface area contributed by atoms with E-state index in [9.17, 15) is 9.59 Å². The summed E-state index contributed by atoms with van der Waals surface area (Å²) in [5, 5.41) is 5.82. The molecule has 1 heterocycles. The van der Waals surface area contributed by atoms with E-state index in [0.29, 0.717) is 12.0 Å². The van der Waals surface area contributed by atoms with Crippen molar-refractivity contribution < 1.29 is 9.59 Å². The Hall–Kier alpha value is -1.75. The number of nitrogens with one attached hydrogen (secondary N) is 2. The minimum absolute atomic E-state index is 0.0123. The lowest BCUT2D eigenvalue weighted by atomic mass is 10.1. The number of carbonyl (C=O) groups is 2. The molecule has 0 aliphatic heterocycles. The van der Waals surface area contributed by atoms with Gasteiger partial charge >= 0.3 is 0 Å². The van der Waals surface area contributed by atoms with Crippen LogP contribution < -0.4 is 10.6 Å². The summed E-state index contributed by atoms with van der Waals surface area (Å²) in [5.74, 6) is -0.261. The first-order valence-electron chi connectivity index (χ1n) is 6.51. The SMILES string of the molecule is CNCCCCC(NC(=O)c1cccnc1)C(C)=O. The van der Waals surface area contributed by atoms with E-state index in [2.05, 4.69) is 15.6 Å². The number of amides is 1. The van der Waals surface area contributed by atoms with Crippen LogP contribution in [0.4, 0.5) is 0 Å². The molecule has 0 saturated heterocycles. The Morgan fingerprint density at radius 2 is 2.16 bits per heavy atom. The zero-order chi connectivity index (χ0) is 14.1. The molecule has 1 amide bonds. The van der Waals surface area contributed by atoms with E-state index in [1.54, 1.807) is 18.3 Å². The fourth-order valence-corrected chi connectivity index (χ4v) is 1.77. The summed E-state index contributed by atoms with van der Waals surface area (Å²) in [6, 6.07) is 2.97. The van der Waals surface area contributed by atoms with Gasteiger partial charge in [-0.05, 0) is 51.9 Å². The summed E-state index contributed by atoms with van der Waals surface area (Å²) >= 11 is 0. The van der Waals surface area contributed by atoms with Crippen molar-refractivity contribution in [3.8, 4) is 0 Å². The highest BCUT2D eigenvalue weighted by Gasteiger charge is 2.17. The van der Waals surface area contributed by atoms with Gasteiger partial charge in [0.2, 0.25) is 0 Å². The lowest BCUT2D eigenvalue weighted by molar-refractivity contribution is -0.119. The summed E-state index contributed by atoms with van der Waals surface area (Å²) in [4.78, 5) is 27.4. The normalized spacial score (nSPS) is 11.9. The van der Waals surface area contributed by atoms with Crippen LogP contribution in [-0.4, -0.2) is 36.3 Å². The zero-order valence-electron chi connectivity index (χ0n) is 11.5. The molecule has 0 fully saturated rings. The molecule has 2 N–H and O–H groups in total. The molecule has 1 aromatic rings. The van der Waals surface area contributed by atoms with Crippen LogP contribution in [0.1, 0.15) is 36.5 Å². The van der Waals surface area contributed by atoms with Crippen molar-refractivity contribution in [2.24, 2.45) is 0 Å². The highest BCUT2D eigenvalue weighted by Crippen LogP contribution is 2.04. The molecule has 0 radical (unpaired) electrons. The van der Waals surface area contributed by atoms with Gasteiger partial charge in [0.1, 0.15) is 0 Å². The Morgan fingerprint density at radius 1 is 1.37 bits per heavy atom. The highest BCUT2D eigenvalue weighted by atomic mass is 16.2. The number of carbonyl (C=O) groups excluding carboxylic acids is 2. The van der Waals surface area contributed by atoms with Crippen molar-refractivity contribution in [1.82, 2.24) is 15.6 Å². The third-order valence-electron chi connectivity index (χ3n) is 2.89. The van der Waals surface area contributed by atoms with Gasteiger partial charge in [-0.3, -0.25) is 14.6 Å². The molecular weight excluding hydrogens is 242 g/mol. The Labute approximate surface area is 113 Å². The number of Topliss-reactive ketones (excluding diaryl/α,β-unsaturated/α-hetero) is 1. The van der Waals surface area contributed by atoms with Gasteiger partial charge in [0.05, 0.1) is 11.6 Å². The first kappa shape index (κ1) is 15.3. The van der Waals surface area contributed by atoms with Gasteiger partial charge in [-0.1, -0.05) is 0 Å². The molecule has 0 bridgehead atoms. The number of hydrogen-bond acceptors (Lipinski definition) is 4. The van der Waals surface area contributed by atoms with Crippen LogP contribution in [0.5, 0.6) is 0 Å². The summed E-state index contributed by atoms with van der Waals surface area (Å²) in [6.45, 7) is 2.42. The van der Waals surface area contributed by atoms with Crippen LogP contribution >= 0.6 is 0 Å². The van der Waals surface area contributed by atoms with Crippen molar-refractivity contribution in [3.63, 3.8) is 0 Å². The second kappa shape index (κ2) is 8.37. The average Bonchev–Trinajstić information content (AvgIpc) is 2.42. The van der Waals surface area contributed by atoms with Gasteiger partial charge in [0.15, 0.2) is 5.78 Å². The van der Waals surface area contributed by atoms with E-state index in [0.717, 1.165) is 19.4 Å². The van der Waals surface area contributed by atoms with Gasteiger partial charge in [-0.2, -0.15) is 0 Å². The lowest BCUT2D eigenvalue weighted by Gasteiger charge is -2.15. The molecule has 1 aromatic heterocycles. The Balaban J connectivity index is 2.49. The average molecular weight is 263 g/mol. The lowest BCUT2D eigenvalue weighted by Crippen LogP contribution is -2.39. The molecule has 0 aromatic carbocycles. The molecule has 0 spiro atoms. The highest BCUT2D eigenvalue weighted by molar-refractivity contribution is 5.97. The van der Waals surface area contributed by atoms with Crippen molar-refractivity contribution in [3.05, 3.63) is 30.1 Å². The number of rotatable bonds is 8. The van der Waals surface area contributed by atoms with Crippen LogP contribution in [0.2, 0.25) is 0 Å². The van der Waals surface area contributed by atoms with Crippen LogP contribution in [0.25, 0.3) is 0 Å². The maximum absolute atomic E-state index is 11.9. The fourth-order valence-electron chi connectivity index (χ4n) is 1.77. The molecule has 1 atom stereocenters. The van der Waals surface area contributed by atoms with E-state index < -0.39 is 6.04 Å². The van der Waals surface area contributed by atoms with E-state index in [1.807, 2.05) is 7.05 Å². The topological polar surface area (TPSA) is 71.1 Å². The van der Waals surface area contributed by atoms with E-state index in [1.165, 1.54) is 13.1 Å². The van der Waals surface area contributed by atoms with Crippen LogP contribution in [0.3, 0.4) is 0 Å². The van der Waals surface area contributed by atoms with Crippen LogP contribution in [-0.2, 0) is 4.79 Å². The molecule has 0 saturated carbocycles. The molecule has 0 aliphatic rings. The number of nitrogens with zero attached hydrogens (tertiary/aromatic N) is 1. The maximum Gasteiger partial charge on any atom is 0.253 e. The van der Waals surface area contributed by atoms with Crippen molar-refractivity contribution in [2.75, 3.05) is 13.6 Å². The maximum atomic E-state index is 11.9. The smallest absolute Gasteiger partial charge is 0.253 e. The number of unbranched alkanes of at least 4 members (excludes halogenated alkanes) is 1. The quantitative estimate of drug-likeness (QED) is 0.690. The summed E-state index contributed by atoms with van der Waals surface area (Å²) in [6.07, 6.45) is 5.66. The standard InChI is InChI=1S/C14H21N3O2/c1-11(18)13(7-3-4-8-15-2)17-14(19)12-6-5-9-16-10-12/h5-6,9-10,13,15H,3-4,7-8H2,1-2H3,(H,17,19). The van der Waals surface area contributed by atoms with Gasteiger partial charge in [0.25, 0.3) is 5.91 Å². The summed E-state index contributed by atoms with van der Waals surface area (Å²) in [7, 11) is 1.90. The van der Waals surface area contributed by atoms with Crippen molar-refractivity contribution in [2.45, 2.75) is 32.2 Å². The second-order valence-electron chi connectivity index (χ2n) is 4.48. The van der Waals surface area contributed by atoms with E-state index in [-0.39, 0.29) is 11.7 Å². The largest absolute Gasteiger partial charge is 0.342 e. The fraction of sp³-hybridized carbons (Fsp3) is 0.500. The number of pyridine rings is 1. The molecule has 5 nitrogen and oxygen atoms in total. The molecule has 5 heteroatoms. The van der Waals surface area contributed by atoms with Gasteiger partial charge < -0.3 is 10.6 Å². The zero-order valence-corrected chi connectivity index (χ0v) is 11.5. The molecule has 19 heavy (non-hydrogen) atoms. The second-order valence-corrected chi connectivity index (χ2v) is 4.48. The van der Waals surface area contributed by atoms with E-state index in [4.69, 9.17) is 0 Å².